The van der Waals surface area contributed by atoms with E-state index in [1.807, 2.05) is 38.1 Å². The number of hydrogen-bond donors (Lipinski definition) is 1. The van der Waals surface area contributed by atoms with Crippen LogP contribution in [0.1, 0.15) is 17.1 Å². The zero-order valence-electron chi connectivity index (χ0n) is 16.7. The Morgan fingerprint density at radius 1 is 1.07 bits per heavy atom. The molecule has 0 atom stereocenters. The zero-order valence-corrected chi connectivity index (χ0v) is 16.7. The molecule has 0 bridgehead atoms. The van der Waals surface area contributed by atoms with E-state index >= 15 is 0 Å². The van der Waals surface area contributed by atoms with Gasteiger partial charge in [0.25, 0.3) is 5.56 Å². The molecule has 0 amide bonds. The molecule has 1 aromatic carbocycles. The van der Waals surface area contributed by atoms with Crippen molar-refractivity contribution in [2.75, 3.05) is 5.73 Å². The third-order valence-corrected chi connectivity index (χ3v) is 5.19. The first kappa shape index (κ1) is 18.0. The van der Waals surface area contributed by atoms with Gasteiger partial charge in [-0.15, -0.1) is 0 Å². The third kappa shape index (κ3) is 2.57. The Labute approximate surface area is 170 Å². The van der Waals surface area contributed by atoms with E-state index in [1.54, 1.807) is 27.2 Å². The maximum Gasteiger partial charge on any atom is 0.284 e. The summed E-state index contributed by atoms with van der Waals surface area (Å²) in [4.78, 5) is 31.0. The molecule has 0 saturated carbocycles. The predicted molar refractivity (Wildman–Crippen MR) is 112 cm³/mol. The molecule has 0 saturated heterocycles. The number of nitrogens with zero attached hydrogens (tertiary/aromatic N) is 8. The van der Waals surface area contributed by atoms with Crippen LogP contribution < -0.4 is 11.3 Å². The fourth-order valence-corrected chi connectivity index (χ4v) is 3.76. The lowest BCUT2D eigenvalue weighted by Crippen LogP contribution is -2.27. The van der Waals surface area contributed by atoms with Gasteiger partial charge in [-0.1, -0.05) is 18.2 Å². The summed E-state index contributed by atoms with van der Waals surface area (Å²) in [5, 5.41) is 4.39. The highest BCUT2D eigenvalue weighted by Crippen LogP contribution is 2.20. The van der Waals surface area contributed by atoms with E-state index in [9.17, 15) is 4.79 Å². The minimum atomic E-state index is -0.175. The van der Waals surface area contributed by atoms with E-state index in [1.165, 1.54) is 6.33 Å². The number of rotatable bonds is 3. The third-order valence-electron chi connectivity index (χ3n) is 5.19. The number of imidazole rings is 1. The van der Waals surface area contributed by atoms with E-state index in [4.69, 9.17) is 10.7 Å². The maximum atomic E-state index is 13.6. The first-order chi connectivity index (χ1) is 14.5. The van der Waals surface area contributed by atoms with E-state index in [-0.39, 0.29) is 12.1 Å². The minimum Gasteiger partial charge on any atom is -0.382 e. The number of aromatic nitrogens is 8. The average molecular weight is 401 g/mol. The molecule has 5 aromatic rings. The number of fused-ring (bicyclic) bond motifs is 2. The molecule has 0 spiro atoms. The van der Waals surface area contributed by atoms with Gasteiger partial charge in [0.05, 0.1) is 24.3 Å². The normalized spacial score (nSPS) is 11.6. The minimum absolute atomic E-state index is 0.175. The Morgan fingerprint density at radius 2 is 1.87 bits per heavy atom. The summed E-state index contributed by atoms with van der Waals surface area (Å²) in [6, 6.07) is 7.71. The highest BCUT2D eigenvalue weighted by molar-refractivity contribution is 5.81. The van der Waals surface area contributed by atoms with E-state index in [0.29, 0.717) is 39.5 Å². The molecule has 10 heteroatoms. The predicted octanol–water partition coefficient (Wildman–Crippen LogP) is 1.51. The van der Waals surface area contributed by atoms with E-state index < -0.39 is 0 Å². The van der Waals surface area contributed by atoms with Crippen molar-refractivity contribution in [1.82, 2.24) is 38.9 Å². The Kier molecular flexibility index (Phi) is 3.88. The van der Waals surface area contributed by atoms with Gasteiger partial charge in [-0.2, -0.15) is 5.10 Å². The molecule has 0 radical (unpaired) electrons. The van der Waals surface area contributed by atoms with Crippen molar-refractivity contribution in [2.45, 2.75) is 20.4 Å². The Morgan fingerprint density at radius 3 is 2.67 bits per heavy atom. The summed E-state index contributed by atoms with van der Waals surface area (Å²) in [6.07, 6.45) is 3.02. The summed E-state index contributed by atoms with van der Waals surface area (Å²) in [5.41, 5.74) is 10.3. The lowest BCUT2D eigenvalue weighted by atomic mass is 10.2. The first-order valence-corrected chi connectivity index (χ1v) is 9.38. The van der Waals surface area contributed by atoms with Crippen LogP contribution in [0, 0.1) is 13.8 Å². The molecule has 0 aliphatic rings. The average Bonchev–Trinajstić information content (AvgIpc) is 3.25. The van der Waals surface area contributed by atoms with Crippen molar-refractivity contribution in [1.29, 1.82) is 0 Å². The maximum absolute atomic E-state index is 13.6. The number of benzene rings is 1. The van der Waals surface area contributed by atoms with Crippen LogP contribution in [-0.2, 0) is 13.6 Å². The molecule has 2 N–H and O–H groups in total. The van der Waals surface area contributed by atoms with Crippen molar-refractivity contribution in [3.05, 3.63) is 64.4 Å². The number of anilines is 1. The summed E-state index contributed by atoms with van der Waals surface area (Å²) >= 11 is 0. The van der Waals surface area contributed by atoms with Crippen molar-refractivity contribution in [2.24, 2.45) is 7.05 Å². The molecule has 0 fully saturated rings. The first-order valence-electron chi connectivity index (χ1n) is 9.38. The van der Waals surface area contributed by atoms with Crippen LogP contribution in [0.25, 0.3) is 27.9 Å². The van der Waals surface area contributed by atoms with Gasteiger partial charge in [-0.05, 0) is 25.5 Å². The van der Waals surface area contributed by atoms with Gasteiger partial charge in [-0.25, -0.2) is 19.9 Å². The van der Waals surface area contributed by atoms with Gasteiger partial charge in [-0.3, -0.25) is 14.0 Å². The van der Waals surface area contributed by atoms with Gasteiger partial charge < -0.3 is 10.3 Å². The van der Waals surface area contributed by atoms with Crippen LogP contribution in [0.2, 0.25) is 0 Å². The fourth-order valence-electron chi connectivity index (χ4n) is 3.76. The van der Waals surface area contributed by atoms with Crippen molar-refractivity contribution in [3.8, 4) is 5.69 Å². The Hall–Kier alpha value is -4.08. The largest absolute Gasteiger partial charge is 0.382 e. The second-order valence-electron chi connectivity index (χ2n) is 7.16. The molecule has 10 nitrogen and oxygen atoms in total. The molecule has 0 unspecified atom stereocenters. The van der Waals surface area contributed by atoms with Crippen LogP contribution in [-0.4, -0.2) is 38.9 Å². The standard InChI is InChI=1S/C20H19N9O/c1-11-6-4-5-7-13(11)29-14(25-15-12(2)26-27(3)17(15)20(29)30)8-28-10-24-16-18(21)22-9-23-19(16)28/h4-7,9-10H,8H2,1-3H3,(H2,21,22,23). The lowest BCUT2D eigenvalue weighted by Gasteiger charge is -2.15. The monoisotopic (exact) mass is 401 g/mol. The highest BCUT2D eigenvalue weighted by Gasteiger charge is 2.20. The van der Waals surface area contributed by atoms with Crippen LogP contribution >= 0.6 is 0 Å². The van der Waals surface area contributed by atoms with Crippen LogP contribution in [0.4, 0.5) is 5.82 Å². The van der Waals surface area contributed by atoms with Crippen molar-refractivity contribution >= 4 is 28.0 Å². The Balaban J connectivity index is 1.81. The summed E-state index contributed by atoms with van der Waals surface area (Å²) in [6.45, 7) is 4.09. The molecule has 150 valence electrons. The number of hydrogen-bond acceptors (Lipinski definition) is 7. The van der Waals surface area contributed by atoms with Crippen LogP contribution in [0.3, 0.4) is 0 Å². The van der Waals surface area contributed by atoms with E-state index in [2.05, 4.69) is 20.1 Å². The SMILES string of the molecule is Cc1ccccc1-n1c(Cn2cnc3c(N)ncnc32)nc2c(C)nn(C)c2c1=O. The van der Waals surface area contributed by atoms with Gasteiger partial charge in [0.1, 0.15) is 23.2 Å². The molecule has 30 heavy (non-hydrogen) atoms. The molecular formula is C20H19N9O. The summed E-state index contributed by atoms with van der Waals surface area (Å²) < 4.78 is 5.02. The molecule has 5 rings (SSSR count). The van der Waals surface area contributed by atoms with Crippen molar-refractivity contribution in [3.63, 3.8) is 0 Å². The zero-order chi connectivity index (χ0) is 21.0. The number of nitrogens with two attached hydrogens (primary N) is 1. The van der Waals surface area contributed by atoms with Gasteiger partial charge >= 0.3 is 0 Å². The number of nitrogen functional groups attached to an aromatic ring is 1. The molecule has 4 aromatic heterocycles. The lowest BCUT2D eigenvalue weighted by molar-refractivity contribution is 0.711. The molecule has 0 aliphatic carbocycles. The molecular weight excluding hydrogens is 382 g/mol. The van der Waals surface area contributed by atoms with Gasteiger partial charge in [0.2, 0.25) is 0 Å². The van der Waals surface area contributed by atoms with Crippen LogP contribution in [0.15, 0.2) is 41.7 Å². The van der Waals surface area contributed by atoms with Crippen LogP contribution in [0.5, 0.6) is 0 Å². The Bertz CT molecular complexity index is 1490. The second-order valence-corrected chi connectivity index (χ2v) is 7.16. The fraction of sp³-hybridized carbons (Fsp3) is 0.200. The smallest absolute Gasteiger partial charge is 0.284 e. The highest BCUT2D eigenvalue weighted by atomic mass is 16.1. The summed E-state index contributed by atoms with van der Waals surface area (Å²) in [5.74, 6) is 0.857. The molecule has 0 aliphatic heterocycles. The van der Waals surface area contributed by atoms with Gasteiger partial charge in [0.15, 0.2) is 17.0 Å². The molecule has 4 heterocycles. The van der Waals surface area contributed by atoms with Crippen molar-refractivity contribution < 1.29 is 0 Å². The number of para-hydroxylation sites is 1. The topological polar surface area (TPSA) is 122 Å². The quantitative estimate of drug-likeness (QED) is 0.486. The van der Waals surface area contributed by atoms with E-state index in [0.717, 1.165) is 11.3 Å². The number of aryl methyl sites for hydroxylation is 3. The van der Waals surface area contributed by atoms with Gasteiger partial charge in [0, 0.05) is 7.05 Å². The summed E-state index contributed by atoms with van der Waals surface area (Å²) in [7, 11) is 1.75. The second kappa shape index (κ2) is 6.48.